The molecule has 0 spiro atoms. The Balaban J connectivity index is 1.65. The summed E-state index contributed by atoms with van der Waals surface area (Å²) in [6.45, 7) is 4.82. The number of amides is 1. The van der Waals surface area contributed by atoms with E-state index in [1.54, 1.807) is 6.07 Å². The maximum Gasteiger partial charge on any atom is 0.287 e. The van der Waals surface area contributed by atoms with Crippen LogP contribution in [-0.2, 0) is 4.74 Å². The summed E-state index contributed by atoms with van der Waals surface area (Å²) in [4.78, 5) is 12.1. The zero-order chi connectivity index (χ0) is 13.9. The average Bonchev–Trinajstić information content (AvgIpc) is 2.89. The number of hydrogen-bond donors (Lipinski definition) is 2. The number of carbonyl (C=O) groups excluding carboxylic acids is 1. The molecular formula is C15H18N2O3. The highest BCUT2D eigenvalue weighted by molar-refractivity contribution is 5.96. The van der Waals surface area contributed by atoms with Gasteiger partial charge in [-0.05, 0) is 25.1 Å². The molecule has 1 unspecified atom stereocenters. The standard InChI is InChI=1S/C15H18N2O3/c1-10-2-3-13-11(6-10)7-14(20-13)15(18)17-9-12-8-16-4-5-19-12/h2-3,6-7,12,16H,4-5,8-9H2,1H3,(H,17,18). The summed E-state index contributed by atoms with van der Waals surface area (Å²) < 4.78 is 11.1. The van der Waals surface area contributed by atoms with Crippen LogP contribution in [0.3, 0.4) is 0 Å². The van der Waals surface area contributed by atoms with E-state index in [2.05, 4.69) is 10.6 Å². The van der Waals surface area contributed by atoms with Crippen molar-refractivity contribution in [3.05, 3.63) is 35.6 Å². The van der Waals surface area contributed by atoms with E-state index < -0.39 is 0 Å². The number of carbonyl (C=O) groups is 1. The van der Waals surface area contributed by atoms with Gasteiger partial charge >= 0.3 is 0 Å². The Kier molecular flexibility index (Phi) is 3.71. The maximum absolute atomic E-state index is 12.1. The van der Waals surface area contributed by atoms with Crippen molar-refractivity contribution in [3.8, 4) is 0 Å². The van der Waals surface area contributed by atoms with Crippen molar-refractivity contribution in [1.29, 1.82) is 0 Å². The van der Waals surface area contributed by atoms with Crippen LogP contribution in [0.5, 0.6) is 0 Å². The van der Waals surface area contributed by atoms with Crippen LogP contribution in [0.4, 0.5) is 0 Å². The number of ether oxygens (including phenoxy) is 1. The maximum atomic E-state index is 12.1. The monoisotopic (exact) mass is 274 g/mol. The highest BCUT2D eigenvalue weighted by atomic mass is 16.5. The zero-order valence-electron chi connectivity index (χ0n) is 11.4. The molecule has 1 amide bonds. The van der Waals surface area contributed by atoms with Crippen LogP contribution in [0.25, 0.3) is 11.0 Å². The molecule has 1 aliphatic rings. The Morgan fingerprint density at radius 3 is 3.15 bits per heavy atom. The van der Waals surface area contributed by atoms with Gasteiger partial charge in [-0.2, -0.15) is 0 Å². The van der Waals surface area contributed by atoms with Gasteiger partial charge in [0, 0.05) is 25.0 Å². The summed E-state index contributed by atoms with van der Waals surface area (Å²) in [6, 6.07) is 7.63. The quantitative estimate of drug-likeness (QED) is 0.889. The molecule has 2 N–H and O–H groups in total. The van der Waals surface area contributed by atoms with Crippen molar-refractivity contribution in [2.75, 3.05) is 26.2 Å². The van der Waals surface area contributed by atoms with Crippen LogP contribution >= 0.6 is 0 Å². The summed E-state index contributed by atoms with van der Waals surface area (Å²) in [5, 5.41) is 7.02. The summed E-state index contributed by atoms with van der Waals surface area (Å²) in [5.74, 6) is 0.141. The van der Waals surface area contributed by atoms with Crippen molar-refractivity contribution in [3.63, 3.8) is 0 Å². The van der Waals surface area contributed by atoms with Crippen LogP contribution < -0.4 is 10.6 Å². The van der Waals surface area contributed by atoms with Gasteiger partial charge in [-0.3, -0.25) is 4.79 Å². The molecule has 5 nitrogen and oxygen atoms in total. The third-order valence-corrected chi connectivity index (χ3v) is 3.39. The van der Waals surface area contributed by atoms with Gasteiger partial charge in [0.15, 0.2) is 5.76 Å². The van der Waals surface area contributed by atoms with Crippen LogP contribution in [0.1, 0.15) is 16.1 Å². The van der Waals surface area contributed by atoms with Gasteiger partial charge in [0.25, 0.3) is 5.91 Å². The third-order valence-electron chi connectivity index (χ3n) is 3.39. The lowest BCUT2D eigenvalue weighted by molar-refractivity contribution is 0.0285. The smallest absolute Gasteiger partial charge is 0.287 e. The molecule has 0 radical (unpaired) electrons. The van der Waals surface area contributed by atoms with E-state index in [-0.39, 0.29) is 12.0 Å². The number of nitrogens with one attached hydrogen (secondary N) is 2. The van der Waals surface area contributed by atoms with Crippen molar-refractivity contribution in [2.45, 2.75) is 13.0 Å². The highest BCUT2D eigenvalue weighted by Crippen LogP contribution is 2.20. The molecule has 1 atom stereocenters. The summed E-state index contributed by atoms with van der Waals surface area (Å²) >= 11 is 0. The Morgan fingerprint density at radius 1 is 1.45 bits per heavy atom. The van der Waals surface area contributed by atoms with Gasteiger partial charge in [-0.1, -0.05) is 11.6 Å². The first-order chi connectivity index (χ1) is 9.72. The van der Waals surface area contributed by atoms with Gasteiger partial charge in [-0.15, -0.1) is 0 Å². The predicted octanol–water partition coefficient (Wildman–Crippen LogP) is 1.46. The van der Waals surface area contributed by atoms with E-state index in [0.29, 0.717) is 18.9 Å². The largest absolute Gasteiger partial charge is 0.451 e. The first kappa shape index (κ1) is 13.1. The van der Waals surface area contributed by atoms with E-state index in [9.17, 15) is 4.79 Å². The Labute approximate surface area is 117 Å². The van der Waals surface area contributed by atoms with E-state index in [1.165, 1.54) is 0 Å². The van der Waals surface area contributed by atoms with Gasteiger partial charge in [-0.25, -0.2) is 0 Å². The molecular weight excluding hydrogens is 256 g/mol. The van der Waals surface area contributed by atoms with Gasteiger partial charge < -0.3 is 19.8 Å². The molecule has 0 saturated carbocycles. The van der Waals surface area contributed by atoms with E-state index in [4.69, 9.17) is 9.15 Å². The van der Waals surface area contributed by atoms with Crippen LogP contribution in [0.15, 0.2) is 28.7 Å². The number of rotatable bonds is 3. The Morgan fingerprint density at radius 2 is 2.35 bits per heavy atom. The van der Waals surface area contributed by atoms with E-state index in [0.717, 1.165) is 29.6 Å². The number of benzene rings is 1. The minimum absolute atomic E-state index is 0.0272. The van der Waals surface area contributed by atoms with Gasteiger partial charge in [0.05, 0.1) is 12.7 Å². The second-order valence-electron chi connectivity index (χ2n) is 5.06. The molecule has 2 heterocycles. The van der Waals surface area contributed by atoms with Gasteiger partial charge in [0.1, 0.15) is 5.58 Å². The summed E-state index contributed by atoms with van der Waals surface area (Å²) in [6.07, 6.45) is 0.0272. The van der Waals surface area contributed by atoms with Crippen LogP contribution in [-0.4, -0.2) is 38.3 Å². The van der Waals surface area contributed by atoms with E-state index >= 15 is 0 Å². The topological polar surface area (TPSA) is 63.5 Å². The molecule has 1 aromatic carbocycles. The fourth-order valence-electron chi connectivity index (χ4n) is 2.32. The Bertz CT molecular complexity index is 615. The van der Waals surface area contributed by atoms with Crippen molar-refractivity contribution >= 4 is 16.9 Å². The van der Waals surface area contributed by atoms with Crippen molar-refractivity contribution < 1.29 is 13.9 Å². The zero-order valence-corrected chi connectivity index (χ0v) is 11.4. The number of morpholine rings is 1. The van der Waals surface area contributed by atoms with Crippen LogP contribution in [0.2, 0.25) is 0 Å². The molecule has 3 rings (SSSR count). The number of aryl methyl sites for hydroxylation is 1. The molecule has 1 fully saturated rings. The minimum Gasteiger partial charge on any atom is -0.451 e. The number of hydrogen-bond acceptors (Lipinski definition) is 4. The summed E-state index contributed by atoms with van der Waals surface area (Å²) in [5.41, 5.74) is 1.88. The van der Waals surface area contributed by atoms with Crippen molar-refractivity contribution in [2.24, 2.45) is 0 Å². The molecule has 5 heteroatoms. The molecule has 1 aromatic heterocycles. The van der Waals surface area contributed by atoms with Crippen LogP contribution in [0, 0.1) is 6.92 Å². The Hall–Kier alpha value is -1.85. The minimum atomic E-state index is -0.201. The predicted molar refractivity (Wildman–Crippen MR) is 75.9 cm³/mol. The number of furan rings is 1. The first-order valence-corrected chi connectivity index (χ1v) is 6.83. The lowest BCUT2D eigenvalue weighted by Crippen LogP contribution is -2.45. The summed E-state index contributed by atoms with van der Waals surface area (Å²) in [7, 11) is 0. The molecule has 20 heavy (non-hydrogen) atoms. The fourth-order valence-corrected chi connectivity index (χ4v) is 2.32. The highest BCUT2D eigenvalue weighted by Gasteiger charge is 2.17. The lowest BCUT2D eigenvalue weighted by atomic mass is 10.2. The molecule has 1 saturated heterocycles. The molecule has 1 aliphatic heterocycles. The number of fused-ring (bicyclic) bond motifs is 1. The molecule has 106 valence electrons. The van der Waals surface area contributed by atoms with Crippen molar-refractivity contribution in [1.82, 2.24) is 10.6 Å². The average molecular weight is 274 g/mol. The lowest BCUT2D eigenvalue weighted by Gasteiger charge is -2.23. The fraction of sp³-hybridized carbons (Fsp3) is 0.400. The second kappa shape index (κ2) is 5.64. The van der Waals surface area contributed by atoms with E-state index in [1.807, 2.05) is 25.1 Å². The third kappa shape index (κ3) is 2.84. The molecule has 0 aliphatic carbocycles. The molecule has 0 bridgehead atoms. The molecule has 2 aromatic rings. The van der Waals surface area contributed by atoms with Gasteiger partial charge in [0.2, 0.25) is 0 Å². The first-order valence-electron chi connectivity index (χ1n) is 6.83. The normalized spacial score (nSPS) is 19.1. The second-order valence-corrected chi connectivity index (χ2v) is 5.06. The SMILES string of the molecule is Cc1ccc2oc(C(=O)NCC3CNCCO3)cc2c1.